The summed E-state index contributed by atoms with van der Waals surface area (Å²) in [5, 5.41) is 0. The molecule has 0 aliphatic rings. The molecular weight excluding hydrogens is 767 g/mol. The standard InChI is InChI=1S/C56H114O3S.H3N/c1-4-7-10-13-16-19-22-25-28-31-34-37-40-43-46-49-52-56(55-60(57,58)59,53-50-47-44-41-38-35-32-29-26-23-20-17-14-11-8-5-2)54-51-48-45-42-39-36-33-30-27-24-21-18-15-12-9-6-3;/h4-55H2,1-3H3,(H,57,58,59);1H3. The summed E-state index contributed by atoms with van der Waals surface area (Å²) in [4.78, 5) is 0. The molecule has 0 unspecified atom stereocenters. The van der Waals surface area contributed by atoms with E-state index in [9.17, 15) is 13.0 Å². The Morgan fingerprint density at radius 3 is 0.525 bits per heavy atom. The predicted molar refractivity (Wildman–Crippen MR) is 275 cm³/mol. The third-order valence-corrected chi connectivity index (χ3v) is 15.1. The molecule has 0 saturated carbocycles. The van der Waals surface area contributed by atoms with Gasteiger partial charge in [0, 0.05) is 5.75 Å². The highest BCUT2D eigenvalue weighted by Gasteiger charge is 2.31. The molecule has 0 aliphatic carbocycles. The lowest BCUT2D eigenvalue weighted by Gasteiger charge is -2.35. The van der Waals surface area contributed by atoms with Crippen LogP contribution in [0, 0.1) is 5.41 Å². The molecule has 4 nitrogen and oxygen atoms in total. The Labute approximate surface area is 387 Å². The fourth-order valence-electron chi connectivity index (χ4n) is 10.1. The minimum Gasteiger partial charge on any atom is -0.748 e. The molecule has 0 aromatic carbocycles. The SMILES string of the molecule is CCCCCCCCCCCCCCCCCCC(CCCCCCCCCCCCCCCCCC)(CCCCCCCCCCCCCCCCCC)CS(=O)(=O)[O-].[NH4+]. The zero-order valence-electron chi connectivity index (χ0n) is 42.9. The van der Waals surface area contributed by atoms with Crippen molar-refractivity contribution in [2.24, 2.45) is 5.41 Å². The van der Waals surface area contributed by atoms with E-state index in [0.717, 1.165) is 38.5 Å². The van der Waals surface area contributed by atoms with Gasteiger partial charge in [0.05, 0.1) is 10.1 Å². The normalized spacial score (nSPS) is 12.1. The highest BCUT2D eigenvalue weighted by molar-refractivity contribution is 7.85. The van der Waals surface area contributed by atoms with E-state index < -0.39 is 10.1 Å². The van der Waals surface area contributed by atoms with Crippen LogP contribution >= 0.6 is 0 Å². The molecule has 0 heterocycles. The van der Waals surface area contributed by atoms with Crippen molar-refractivity contribution >= 4 is 10.1 Å². The summed E-state index contributed by atoms with van der Waals surface area (Å²) in [5.41, 5.74) is -0.303. The van der Waals surface area contributed by atoms with Crippen molar-refractivity contribution in [1.82, 2.24) is 6.15 Å². The third-order valence-electron chi connectivity index (χ3n) is 14.2. The summed E-state index contributed by atoms with van der Waals surface area (Å²) in [5.74, 6) is -0.129. The van der Waals surface area contributed by atoms with Crippen molar-refractivity contribution in [3.05, 3.63) is 0 Å². The highest BCUT2D eigenvalue weighted by Crippen LogP contribution is 2.39. The van der Waals surface area contributed by atoms with Gasteiger partial charge in [-0.1, -0.05) is 329 Å². The van der Waals surface area contributed by atoms with Crippen LogP contribution in [-0.2, 0) is 10.1 Å². The van der Waals surface area contributed by atoms with E-state index >= 15 is 0 Å². The minimum absolute atomic E-state index is 0. The Morgan fingerprint density at radius 2 is 0.393 bits per heavy atom. The van der Waals surface area contributed by atoms with Gasteiger partial charge in [-0.05, 0) is 24.7 Å². The van der Waals surface area contributed by atoms with Gasteiger partial charge in [0.15, 0.2) is 0 Å². The van der Waals surface area contributed by atoms with Crippen molar-refractivity contribution in [2.75, 3.05) is 5.75 Å². The topological polar surface area (TPSA) is 93.7 Å². The van der Waals surface area contributed by atoms with Gasteiger partial charge in [-0.25, -0.2) is 8.42 Å². The van der Waals surface area contributed by atoms with Crippen LogP contribution in [0.3, 0.4) is 0 Å². The van der Waals surface area contributed by atoms with E-state index in [4.69, 9.17) is 0 Å². The van der Waals surface area contributed by atoms with Crippen LogP contribution in [0.5, 0.6) is 0 Å². The van der Waals surface area contributed by atoms with E-state index in [1.807, 2.05) is 0 Å². The first-order valence-corrected chi connectivity index (χ1v) is 29.9. The van der Waals surface area contributed by atoms with Gasteiger partial charge >= 0.3 is 0 Å². The van der Waals surface area contributed by atoms with E-state index in [0.29, 0.717) is 0 Å². The molecule has 0 aromatic rings. The summed E-state index contributed by atoms with van der Waals surface area (Å²) >= 11 is 0. The fourth-order valence-corrected chi connectivity index (χ4v) is 11.3. The molecule has 0 saturated heterocycles. The van der Waals surface area contributed by atoms with E-state index in [1.165, 1.54) is 289 Å². The first-order valence-electron chi connectivity index (χ1n) is 28.3. The monoisotopic (exact) mass is 884 g/mol. The molecule has 0 rings (SSSR count). The van der Waals surface area contributed by atoms with Crippen LogP contribution in [0.25, 0.3) is 0 Å². The van der Waals surface area contributed by atoms with Crippen molar-refractivity contribution in [3.63, 3.8) is 0 Å². The maximum absolute atomic E-state index is 12.4. The van der Waals surface area contributed by atoms with Gasteiger partial charge in [0.2, 0.25) is 0 Å². The average Bonchev–Trinajstić information content (AvgIpc) is 3.22. The lowest BCUT2D eigenvalue weighted by Crippen LogP contribution is -2.30. The molecule has 61 heavy (non-hydrogen) atoms. The molecule has 0 bridgehead atoms. The quantitative estimate of drug-likeness (QED) is 0.0487. The van der Waals surface area contributed by atoms with E-state index in [2.05, 4.69) is 20.8 Å². The lowest BCUT2D eigenvalue weighted by atomic mass is 9.75. The van der Waals surface area contributed by atoms with Gasteiger partial charge in [-0.3, -0.25) is 0 Å². The molecule has 370 valence electrons. The Kier molecular flexibility index (Phi) is 52.5. The molecule has 0 spiro atoms. The van der Waals surface area contributed by atoms with Crippen molar-refractivity contribution in [3.8, 4) is 0 Å². The molecule has 0 atom stereocenters. The minimum atomic E-state index is -4.25. The molecular formula is C56H117NO3S. The van der Waals surface area contributed by atoms with Crippen molar-refractivity contribution in [2.45, 2.75) is 348 Å². The third kappa shape index (κ3) is 50.7. The van der Waals surface area contributed by atoms with Crippen LogP contribution < -0.4 is 6.15 Å². The van der Waals surface area contributed by atoms with Crippen LogP contribution in [0.1, 0.15) is 348 Å². The Balaban J connectivity index is 0. The number of quaternary nitrogens is 1. The van der Waals surface area contributed by atoms with Crippen LogP contribution in [0.2, 0.25) is 0 Å². The second-order valence-electron chi connectivity index (χ2n) is 20.4. The zero-order valence-corrected chi connectivity index (χ0v) is 43.7. The summed E-state index contributed by atoms with van der Waals surface area (Å²) in [6.45, 7) is 6.88. The van der Waals surface area contributed by atoms with Crippen LogP contribution in [-0.4, -0.2) is 18.7 Å². The summed E-state index contributed by atoms with van der Waals surface area (Å²) < 4.78 is 37.2. The van der Waals surface area contributed by atoms with Gasteiger partial charge in [0.1, 0.15) is 0 Å². The zero-order chi connectivity index (χ0) is 43.8. The smallest absolute Gasteiger partial charge is 0.0951 e. The van der Waals surface area contributed by atoms with Crippen LogP contribution in [0.15, 0.2) is 0 Å². The predicted octanol–water partition coefficient (Wildman–Crippen LogP) is 20.8. The maximum atomic E-state index is 12.4. The van der Waals surface area contributed by atoms with Gasteiger partial charge in [-0.2, -0.15) is 0 Å². The highest BCUT2D eigenvalue weighted by atomic mass is 32.2. The van der Waals surface area contributed by atoms with Crippen molar-refractivity contribution in [1.29, 1.82) is 0 Å². The lowest BCUT2D eigenvalue weighted by molar-refractivity contribution is 0.220. The Bertz CT molecular complexity index is 819. The first-order chi connectivity index (χ1) is 29.4. The molecule has 0 aliphatic heterocycles. The molecule has 0 aromatic heterocycles. The molecule has 0 amide bonds. The largest absolute Gasteiger partial charge is 0.748 e. The number of hydrogen-bond donors (Lipinski definition) is 1. The van der Waals surface area contributed by atoms with Gasteiger partial charge in [-0.15, -0.1) is 0 Å². The summed E-state index contributed by atoms with van der Waals surface area (Å²) in [6, 6.07) is 0. The van der Waals surface area contributed by atoms with E-state index in [-0.39, 0.29) is 17.3 Å². The first kappa shape index (κ1) is 63.0. The maximum Gasteiger partial charge on any atom is 0.0951 e. The number of unbranched alkanes of at least 4 members (excludes halogenated alkanes) is 45. The van der Waals surface area contributed by atoms with Gasteiger partial charge in [0.25, 0.3) is 0 Å². The molecule has 0 fully saturated rings. The second kappa shape index (κ2) is 50.9. The fraction of sp³-hybridized carbons (Fsp3) is 1.00. The average molecular weight is 885 g/mol. The van der Waals surface area contributed by atoms with Crippen LogP contribution in [0.4, 0.5) is 0 Å². The second-order valence-corrected chi connectivity index (χ2v) is 21.8. The number of hydrogen-bond acceptors (Lipinski definition) is 3. The molecule has 0 radical (unpaired) electrons. The summed E-state index contributed by atoms with van der Waals surface area (Å²) in [6.07, 6.45) is 67.7. The summed E-state index contributed by atoms with van der Waals surface area (Å²) in [7, 11) is -4.25. The van der Waals surface area contributed by atoms with Gasteiger partial charge < -0.3 is 10.7 Å². The van der Waals surface area contributed by atoms with E-state index in [1.54, 1.807) is 0 Å². The molecule has 5 heteroatoms. The van der Waals surface area contributed by atoms with Crippen molar-refractivity contribution < 1.29 is 13.0 Å². The molecule has 4 N–H and O–H groups in total. The Morgan fingerprint density at radius 1 is 0.262 bits per heavy atom. The number of rotatable bonds is 53. The Hall–Kier alpha value is -0.130.